The number of aliphatic hydroxyl groups excluding tert-OH is 1. The zero-order valence-corrected chi connectivity index (χ0v) is 16.7. The fourth-order valence-electron chi connectivity index (χ4n) is 4.06. The highest BCUT2D eigenvalue weighted by molar-refractivity contribution is 6.32. The first-order valence-electron chi connectivity index (χ1n) is 9.82. The Kier molecular flexibility index (Phi) is 5.81. The number of aliphatic hydroxyl groups is 1. The molecule has 1 aromatic heterocycles. The molecule has 4 rings (SSSR count). The van der Waals surface area contributed by atoms with Gasteiger partial charge in [-0.2, -0.15) is 0 Å². The molecule has 2 aromatic carbocycles. The third-order valence-corrected chi connectivity index (χ3v) is 5.94. The number of benzene rings is 2. The molecule has 150 valence electrons. The first-order valence-corrected chi connectivity index (χ1v) is 10.2. The molecule has 0 aliphatic carbocycles. The third kappa shape index (κ3) is 4.27. The van der Waals surface area contributed by atoms with Gasteiger partial charge in [-0.1, -0.05) is 41.9 Å². The molecule has 0 saturated carbocycles. The van der Waals surface area contributed by atoms with E-state index in [9.17, 15) is 14.7 Å². The van der Waals surface area contributed by atoms with E-state index in [1.807, 2.05) is 42.5 Å². The molecule has 0 spiro atoms. The maximum Gasteiger partial charge on any atom is 0.255 e. The summed E-state index contributed by atoms with van der Waals surface area (Å²) in [5.74, 6) is 0.0543. The second kappa shape index (κ2) is 8.49. The van der Waals surface area contributed by atoms with Gasteiger partial charge in [0.05, 0.1) is 12.1 Å². The Labute approximate surface area is 173 Å². The van der Waals surface area contributed by atoms with Crippen LogP contribution in [0.25, 0.3) is 10.8 Å². The van der Waals surface area contributed by atoms with Crippen molar-refractivity contribution >= 4 is 28.2 Å². The lowest BCUT2D eigenvalue weighted by atomic mass is 9.93. The summed E-state index contributed by atoms with van der Waals surface area (Å²) in [4.78, 5) is 30.2. The quantitative estimate of drug-likeness (QED) is 0.675. The number of hydrogen-bond donors (Lipinski definition) is 2. The highest BCUT2D eigenvalue weighted by atomic mass is 35.5. The number of carbonyl (C=O) groups is 1. The molecule has 5 nitrogen and oxygen atoms in total. The molecule has 0 amide bonds. The minimum absolute atomic E-state index is 0.0543. The fourth-order valence-corrected chi connectivity index (χ4v) is 4.29. The largest absolute Gasteiger partial charge is 0.393 e. The molecule has 0 bridgehead atoms. The summed E-state index contributed by atoms with van der Waals surface area (Å²) in [6.45, 7) is 1.35. The predicted octanol–water partition coefficient (Wildman–Crippen LogP) is 3.49. The number of H-pyrrole nitrogens is 1. The molecule has 1 fully saturated rings. The SMILES string of the molecule is O=C(Cc1cc2cc[nH]c(=O)c2cc1Cl)C(c1ccccc1)N1CCC(O)CC1. The van der Waals surface area contributed by atoms with Gasteiger partial charge >= 0.3 is 0 Å². The van der Waals surface area contributed by atoms with Crippen LogP contribution in [-0.2, 0) is 11.2 Å². The van der Waals surface area contributed by atoms with Gasteiger partial charge < -0.3 is 10.1 Å². The van der Waals surface area contributed by atoms with Crippen molar-refractivity contribution in [1.82, 2.24) is 9.88 Å². The van der Waals surface area contributed by atoms with Crippen LogP contribution in [0.5, 0.6) is 0 Å². The van der Waals surface area contributed by atoms with Crippen molar-refractivity contribution in [1.29, 1.82) is 0 Å². The summed E-state index contributed by atoms with van der Waals surface area (Å²) in [6.07, 6.45) is 2.80. The number of likely N-dealkylation sites (tertiary alicyclic amines) is 1. The Hall–Kier alpha value is -2.47. The molecule has 1 saturated heterocycles. The van der Waals surface area contributed by atoms with Gasteiger partial charge in [0.2, 0.25) is 0 Å². The normalized spacial score (nSPS) is 16.8. The van der Waals surface area contributed by atoms with E-state index in [1.165, 1.54) is 0 Å². The molecule has 1 aliphatic heterocycles. The van der Waals surface area contributed by atoms with Crippen molar-refractivity contribution in [3.63, 3.8) is 0 Å². The fraction of sp³-hybridized carbons (Fsp3) is 0.304. The van der Waals surface area contributed by atoms with Crippen LogP contribution in [0.4, 0.5) is 0 Å². The number of rotatable bonds is 5. The second-order valence-corrected chi connectivity index (χ2v) is 7.97. The maximum absolute atomic E-state index is 13.4. The summed E-state index contributed by atoms with van der Waals surface area (Å²) in [5.41, 5.74) is 1.46. The van der Waals surface area contributed by atoms with Crippen molar-refractivity contribution in [2.24, 2.45) is 0 Å². The van der Waals surface area contributed by atoms with Gasteiger partial charge in [0, 0.05) is 36.1 Å². The number of Topliss-reactive ketones (excluding diaryl/α,β-unsaturated/α-hetero) is 1. The standard InChI is InChI=1S/C23H23ClN2O3/c24-20-14-19-16(6-9-25-23(19)29)12-17(20)13-21(28)22(15-4-2-1-3-5-15)26-10-7-18(27)8-11-26/h1-6,9,12,14,18,22,27H,7-8,10-11,13H2,(H,25,29). The smallest absolute Gasteiger partial charge is 0.255 e. The number of hydrogen-bond acceptors (Lipinski definition) is 4. The summed E-state index contributed by atoms with van der Waals surface area (Å²) in [7, 11) is 0. The zero-order valence-electron chi connectivity index (χ0n) is 16.0. The maximum atomic E-state index is 13.4. The number of ketones is 1. The highest BCUT2D eigenvalue weighted by Gasteiger charge is 2.30. The summed E-state index contributed by atoms with van der Waals surface area (Å²) >= 11 is 6.42. The van der Waals surface area contributed by atoms with Gasteiger partial charge in [-0.25, -0.2) is 0 Å². The van der Waals surface area contributed by atoms with Crippen molar-refractivity contribution in [3.05, 3.63) is 81.2 Å². The molecule has 2 heterocycles. The number of carbonyl (C=O) groups excluding carboxylic acids is 1. The van der Waals surface area contributed by atoms with Crippen LogP contribution in [0.15, 0.2) is 59.5 Å². The van der Waals surface area contributed by atoms with Crippen LogP contribution in [0, 0.1) is 0 Å². The van der Waals surface area contributed by atoms with E-state index in [0.717, 1.165) is 10.9 Å². The van der Waals surface area contributed by atoms with E-state index in [2.05, 4.69) is 9.88 Å². The lowest BCUT2D eigenvalue weighted by Crippen LogP contribution is -2.42. The van der Waals surface area contributed by atoms with Crippen LogP contribution >= 0.6 is 11.6 Å². The number of nitrogens with zero attached hydrogens (tertiary/aromatic N) is 1. The van der Waals surface area contributed by atoms with E-state index >= 15 is 0 Å². The number of pyridine rings is 1. The Morgan fingerprint density at radius 1 is 1.17 bits per heavy atom. The Morgan fingerprint density at radius 2 is 1.90 bits per heavy atom. The summed E-state index contributed by atoms with van der Waals surface area (Å²) < 4.78 is 0. The molecule has 1 unspecified atom stereocenters. The van der Waals surface area contributed by atoms with Crippen molar-refractivity contribution in [2.75, 3.05) is 13.1 Å². The van der Waals surface area contributed by atoms with E-state index < -0.39 is 0 Å². The molecular weight excluding hydrogens is 388 g/mol. The second-order valence-electron chi connectivity index (χ2n) is 7.56. The van der Waals surface area contributed by atoms with E-state index in [1.54, 1.807) is 12.3 Å². The molecule has 0 radical (unpaired) electrons. The van der Waals surface area contributed by atoms with Crippen molar-refractivity contribution < 1.29 is 9.90 Å². The van der Waals surface area contributed by atoms with E-state index in [-0.39, 0.29) is 29.9 Å². The van der Waals surface area contributed by atoms with Gasteiger partial charge in [-0.05, 0) is 47.6 Å². The number of fused-ring (bicyclic) bond motifs is 1. The first kappa shape index (κ1) is 19.8. The Balaban J connectivity index is 1.65. The minimum Gasteiger partial charge on any atom is -0.393 e. The minimum atomic E-state index is -0.380. The van der Waals surface area contributed by atoms with E-state index in [4.69, 9.17) is 11.6 Å². The van der Waals surface area contributed by atoms with Gasteiger partial charge in [-0.15, -0.1) is 0 Å². The zero-order chi connectivity index (χ0) is 20.4. The number of halogens is 1. The van der Waals surface area contributed by atoms with Crippen LogP contribution in [0.3, 0.4) is 0 Å². The lowest BCUT2D eigenvalue weighted by Gasteiger charge is -2.35. The van der Waals surface area contributed by atoms with Gasteiger partial charge in [0.15, 0.2) is 5.78 Å². The van der Waals surface area contributed by atoms with Crippen LogP contribution in [0.2, 0.25) is 5.02 Å². The Bertz CT molecular complexity index is 1070. The average Bonchev–Trinajstić information content (AvgIpc) is 2.72. The topological polar surface area (TPSA) is 73.4 Å². The third-order valence-electron chi connectivity index (χ3n) is 5.59. The molecule has 2 N–H and O–H groups in total. The number of nitrogens with one attached hydrogen (secondary N) is 1. The number of piperidine rings is 1. The first-order chi connectivity index (χ1) is 14.0. The predicted molar refractivity (Wildman–Crippen MR) is 114 cm³/mol. The van der Waals surface area contributed by atoms with Crippen molar-refractivity contribution in [2.45, 2.75) is 31.4 Å². The number of aromatic amines is 1. The van der Waals surface area contributed by atoms with Gasteiger partial charge in [0.1, 0.15) is 0 Å². The van der Waals surface area contributed by atoms with Crippen LogP contribution in [0.1, 0.15) is 30.0 Å². The molecule has 3 aromatic rings. The summed E-state index contributed by atoms with van der Waals surface area (Å²) in [5, 5.41) is 11.5. The van der Waals surface area contributed by atoms with Gasteiger partial charge in [-0.3, -0.25) is 14.5 Å². The Morgan fingerprint density at radius 3 is 2.62 bits per heavy atom. The van der Waals surface area contributed by atoms with Crippen LogP contribution < -0.4 is 5.56 Å². The lowest BCUT2D eigenvalue weighted by molar-refractivity contribution is -0.124. The van der Waals surface area contributed by atoms with Gasteiger partial charge in [0.25, 0.3) is 5.56 Å². The molecule has 29 heavy (non-hydrogen) atoms. The van der Waals surface area contributed by atoms with E-state index in [0.29, 0.717) is 41.9 Å². The van der Waals surface area contributed by atoms with Crippen LogP contribution in [-0.4, -0.2) is 40.0 Å². The van der Waals surface area contributed by atoms with Crippen molar-refractivity contribution in [3.8, 4) is 0 Å². The monoisotopic (exact) mass is 410 g/mol. The molecule has 1 atom stereocenters. The molecule has 1 aliphatic rings. The average molecular weight is 411 g/mol. The highest BCUT2D eigenvalue weighted by Crippen LogP contribution is 2.29. The molecular formula is C23H23ClN2O3. The summed E-state index contributed by atoms with van der Waals surface area (Å²) in [6, 6.07) is 14.6. The molecule has 6 heteroatoms. The number of aromatic nitrogens is 1.